The van der Waals surface area contributed by atoms with Crippen molar-refractivity contribution < 1.29 is 18.9 Å². The van der Waals surface area contributed by atoms with Crippen molar-refractivity contribution in [3.63, 3.8) is 0 Å². The second kappa shape index (κ2) is 5.67. The zero-order valence-corrected chi connectivity index (χ0v) is 11.2. The Kier molecular flexibility index (Phi) is 3.75. The van der Waals surface area contributed by atoms with E-state index in [9.17, 15) is 0 Å². The van der Waals surface area contributed by atoms with Gasteiger partial charge in [-0.15, -0.1) is 0 Å². The van der Waals surface area contributed by atoms with E-state index in [1.165, 1.54) is 0 Å². The van der Waals surface area contributed by atoms with Crippen LogP contribution >= 0.6 is 0 Å². The van der Waals surface area contributed by atoms with Crippen molar-refractivity contribution in [2.24, 2.45) is 0 Å². The second-order valence-electron chi connectivity index (χ2n) is 4.77. The molecule has 1 aromatic carbocycles. The van der Waals surface area contributed by atoms with E-state index in [1.807, 2.05) is 19.1 Å². The van der Waals surface area contributed by atoms with Crippen molar-refractivity contribution in [1.29, 1.82) is 0 Å². The fourth-order valence-corrected chi connectivity index (χ4v) is 2.29. The summed E-state index contributed by atoms with van der Waals surface area (Å²) in [4.78, 5) is 2.35. The first-order valence-corrected chi connectivity index (χ1v) is 6.66. The Morgan fingerprint density at radius 2 is 1.89 bits per heavy atom. The summed E-state index contributed by atoms with van der Waals surface area (Å²) in [5.41, 5.74) is 1.08. The van der Waals surface area contributed by atoms with Gasteiger partial charge in [-0.2, -0.15) is 0 Å². The highest BCUT2D eigenvalue weighted by atomic mass is 16.7. The van der Waals surface area contributed by atoms with Crippen molar-refractivity contribution in [2.75, 3.05) is 46.2 Å². The van der Waals surface area contributed by atoms with E-state index < -0.39 is 0 Å². The molecule has 19 heavy (non-hydrogen) atoms. The van der Waals surface area contributed by atoms with Crippen LogP contribution in [-0.4, -0.2) is 51.1 Å². The van der Waals surface area contributed by atoms with Crippen LogP contribution in [-0.2, 0) is 4.74 Å². The molecule has 0 radical (unpaired) electrons. The highest BCUT2D eigenvalue weighted by molar-refractivity contribution is 5.51. The van der Waals surface area contributed by atoms with Gasteiger partial charge in [0.25, 0.3) is 0 Å². The zero-order valence-electron chi connectivity index (χ0n) is 11.2. The molecule has 0 atom stereocenters. The van der Waals surface area contributed by atoms with Gasteiger partial charge in [-0.3, -0.25) is 4.90 Å². The van der Waals surface area contributed by atoms with Crippen LogP contribution in [0.1, 0.15) is 5.56 Å². The Balaban J connectivity index is 1.54. The molecule has 1 fully saturated rings. The van der Waals surface area contributed by atoms with Gasteiger partial charge in [0.15, 0.2) is 11.5 Å². The SMILES string of the molecule is Cc1cc2c(cc1OCCN1CCOCC1)OCO2. The van der Waals surface area contributed by atoms with E-state index in [-0.39, 0.29) is 0 Å². The monoisotopic (exact) mass is 265 g/mol. The summed E-state index contributed by atoms with van der Waals surface area (Å²) in [6.07, 6.45) is 0. The molecular weight excluding hydrogens is 246 g/mol. The number of benzene rings is 1. The molecule has 5 nitrogen and oxygen atoms in total. The largest absolute Gasteiger partial charge is 0.492 e. The fraction of sp³-hybridized carbons (Fsp3) is 0.571. The molecule has 0 bridgehead atoms. The van der Waals surface area contributed by atoms with Gasteiger partial charge in [0.05, 0.1) is 13.2 Å². The van der Waals surface area contributed by atoms with Gasteiger partial charge >= 0.3 is 0 Å². The molecule has 0 amide bonds. The summed E-state index contributed by atoms with van der Waals surface area (Å²) in [7, 11) is 0. The maximum Gasteiger partial charge on any atom is 0.231 e. The topological polar surface area (TPSA) is 40.2 Å². The molecule has 0 spiro atoms. The smallest absolute Gasteiger partial charge is 0.231 e. The molecular formula is C14H19NO4. The number of morpholine rings is 1. The fourth-order valence-electron chi connectivity index (χ4n) is 2.29. The Labute approximate surface area is 113 Å². The third-order valence-electron chi connectivity index (χ3n) is 3.44. The number of aryl methyl sites for hydroxylation is 1. The lowest BCUT2D eigenvalue weighted by atomic mass is 10.2. The maximum atomic E-state index is 5.85. The number of hydrogen-bond acceptors (Lipinski definition) is 5. The minimum absolute atomic E-state index is 0.298. The molecule has 3 rings (SSSR count). The van der Waals surface area contributed by atoms with Crippen LogP contribution < -0.4 is 14.2 Å². The van der Waals surface area contributed by atoms with E-state index in [1.54, 1.807) is 0 Å². The number of fused-ring (bicyclic) bond motifs is 1. The van der Waals surface area contributed by atoms with Crippen LogP contribution in [0.2, 0.25) is 0 Å². The van der Waals surface area contributed by atoms with Crippen molar-refractivity contribution in [2.45, 2.75) is 6.92 Å². The van der Waals surface area contributed by atoms with Gasteiger partial charge in [-0.05, 0) is 18.6 Å². The Bertz CT molecular complexity index is 443. The molecule has 0 saturated carbocycles. The number of rotatable bonds is 4. The lowest BCUT2D eigenvalue weighted by molar-refractivity contribution is 0.0322. The van der Waals surface area contributed by atoms with Crippen molar-refractivity contribution in [1.82, 2.24) is 4.90 Å². The second-order valence-corrected chi connectivity index (χ2v) is 4.77. The Morgan fingerprint density at radius 3 is 2.68 bits per heavy atom. The number of hydrogen-bond donors (Lipinski definition) is 0. The molecule has 2 heterocycles. The minimum Gasteiger partial charge on any atom is -0.492 e. The quantitative estimate of drug-likeness (QED) is 0.823. The summed E-state index contributed by atoms with van der Waals surface area (Å²) < 4.78 is 21.9. The van der Waals surface area contributed by atoms with Gasteiger partial charge in [0, 0.05) is 25.7 Å². The van der Waals surface area contributed by atoms with E-state index in [2.05, 4.69) is 4.90 Å². The van der Waals surface area contributed by atoms with E-state index in [0.29, 0.717) is 13.4 Å². The zero-order chi connectivity index (χ0) is 13.1. The van der Waals surface area contributed by atoms with Gasteiger partial charge in [-0.25, -0.2) is 0 Å². The predicted molar refractivity (Wildman–Crippen MR) is 70.1 cm³/mol. The van der Waals surface area contributed by atoms with Crippen LogP contribution in [0.15, 0.2) is 12.1 Å². The number of ether oxygens (including phenoxy) is 4. The van der Waals surface area contributed by atoms with Gasteiger partial charge in [0.2, 0.25) is 6.79 Å². The van der Waals surface area contributed by atoms with Crippen molar-refractivity contribution >= 4 is 0 Å². The Hall–Kier alpha value is -1.46. The average molecular weight is 265 g/mol. The Morgan fingerprint density at radius 1 is 1.16 bits per heavy atom. The molecule has 0 N–H and O–H groups in total. The van der Waals surface area contributed by atoms with Crippen molar-refractivity contribution in [3.8, 4) is 17.2 Å². The van der Waals surface area contributed by atoms with Gasteiger partial charge in [-0.1, -0.05) is 0 Å². The first kappa shape index (κ1) is 12.6. The molecule has 0 aromatic heterocycles. The summed E-state index contributed by atoms with van der Waals surface area (Å²) in [5.74, 6) is 2.45. The molecule has 5 heteroatoms. The standard InChI is InChI=1S/C14H19NO4/c1-11-8-13-14(19-10-18-13)9-12(11)17-7-4-15-2-5-16-6-3-15/h8-9H,2-7,10H2,1H3. The number of nitrogens with zero attached hydrogens (tertiary/aromatic N) is 1. The normalized spacial score (nSPS) is 18.6. The van der Waals surface area contributed by atoms with Crippen LogP contribution in [0.25, 0.3) is 0 Å². The highest BCUT2D eigenvalue weighted by Gasteiger charge is 2.16. The van der Waals surface area contributed by atoms with Gasteiger partial charge in [0.1, 0.15) is 12.4 Å². The molecule has 0 unspecified atom stereocenters. The molecule has 104 valence electrons. The van der Waals surface area contributed by atoms with Crippen LogP contribution in [0, 0.1) is 6.92 Å². The lowest BCUT2D eigenvalue weighted by Gasteiger charge is -2.26. The lowest BCUT2D eigenvalue weighted by Crippen LogP contribution is -2.38. The molecule has 2 aliphatic heterocycles. The van der Waals surface area contributed by atoms with E-state index in [4.69, 9.17) is 18.9 Å². The summed E-state index contributed by atoms with van der Waals surface area (Å²) in [5, 5.41) is 0. The van der Waals surface area contributed by atoms with Gasteiger partial charge < -0.3 is 18.9 Å². The third-order valence-corrected chi connectivity index (χ3v) is 3.44. The van der Waals surface area contributed by atoms with Crippen LogP contribution in [0.3, 0.4) is 0 Å². The summed E-state index contributed by atoms with van der Waals surface area (Å²) in [6.45, 7) is 7.55. The molecule has 1 saturated heterocycles. The highest BCUT2D eigenvalue weighted by Crippen LogP contribution is 2.37. The van der Waals surface area contributed by atoms with E-state index in [0.717, 1.165) is 55.7 Å². The third kappa shape index (κ3) is 2.93. The minimum atomic E-state index is 0.298. The maximum absolute atomic E-state index is 5.85. The molecule has 1 aromatic rings. The van der Waals surface area contributed by atoms with Crippen LogP contribution in [0.5, 0.6) is 17.2 Å². The predicted octanol–water partition coefficient (Wildman–Crippen LogP) is 1.43. The summed E-state index contributed by atoms with van der Waals surface area (Å²) in [6, 6.07) is 3.88. The van der Waals surface area contributed by atoms with E-state index >= 15 is 0 Å². The molecule has 0 aliphatic carbocycles. The van der Waals surface area contributed by atoms with Crippen LogP contribution in [0.4, 0.5) is 0 Å². The summed E-state index contributed by atoms with van der Waals surface area (Å²) >= 11 is 0. The van der Waals surface area contributed by atoms with Crippen molar-refractivity contribution in [3.05, 3.63) is 17.7 Å². The first-order valence-electron chi connectivity index (χ1n) is 6.66. The first-order chi connectivity index (χ1) is 9.33. The molecule has 2 aliphatic rings. The average Bonchev–Trinajstić information content (AvgIpc) is 2.87.